The van der Waals surface area contributed by atoms with Gasteiger partial charge in [-0.3, -0.25) is 5.41 Å². The van der Waals surface area contributed by atoms with Gasteiger partial charge in [0.2, 0.25) is 9.84 Å². The van der Waals surface area contributed by atoms with Crippen molar-refractivity contribution in [2.45, 2.75) is 44.0 Å². The number of rotatable bonds is 10. The van der Waals surface area contributed by atoms with Gasteiger partial charge in [-0.1, -0.05) is 49.7 Å². The summed E-state index contributed by atoms with van der Waals surface area (Å²) in [5.41, 5.74) is 6.41. The predicted octanol–water partition coefficient (Wildman–Crippen LogP) is 4.77. The van der Waals surface area contributed by atoms with Crippen LogP contribution in [0.3, 0.4) is 0 Å². The minimum absolute atomic E-state index is 0.0959. The van der Waals surface area contributed by atoms with Crippen molar-refractivity contribution in [1.29, 1.82) is 5.41 Å². The molecule has 0 radical (unpaired) electrons. The van der Waals surface area contributed by atoms with E-state index in [4.69, 9.17) is 15.9 Å². The zero-order valence-corrected chi connectivity index (χ0v) is 19.4. The normalized spacial score (nSPS) is 12.6. The molecule has 0 aliphatic heterocycles. The van der Waals surface area contributed by atoms with E-state index in [-0.39, 0.29) is 16.1 Å². The lowest BCUT2D eigenvalue weighted by molar-refractivity contribution is 0.304. The van der Waals surface area contributed by atoms with Crippen LogP contribution < -0.4 is 15.8 Å². The van der Waals surface area contributed by atoms with Gasteiger partial charge < -0.3 is 15.8 Å². The van der Waals surface area contributed by atoms with E-state index in [0.717, 1.165) is 31.2 Å². The topological polar surface area (TPSA) is 105 Å². The summed E-state index contributed by atoms with van der Waals surface area (Å²) >= 11 is 0. The second kappa shape index (κ2) is 10.6. The molecule has 170 valence electrons. The fourth-order valence-electron chi connectivity index (χ4n) is 3.65. The fourth-order valence-corrected chi connectivity index (χ4v) is 5.07. The molecule has 0 saturated carbocycles. The number of nitrogens with one attached hydrogen (secondary N) is 2. The van der Waals surface area contributed by atoms with Crippen LogP contribution in [-0.4, -0.2) is 32.7 Å². The van der Waals surface area contributed by atoms with Gasteiger partial charge in [-0.25, -0.2) is 8.42 Å². The molecule has 1 unspecified atom stereocenters. The van der Waals surface area contributed by atoms with E-state index in [1.54, 1.807) is 30.3 Å². The predicted molar refractivity (Wildman–Crippen MR) is 131 cm³/mol. The molecule has 3 aromatic carbocycles. The summed E-state index contributed by atoms with van der Waals surface area (Å²) in [7, 11) is -4.06. The van der Waals surface area contributed by atoms with Gasteiger partial charge in [0.15, 0.2) is 5.04 Å². The number of sulfone groups is 1. The quantitative estimate of drug-likeness (QED) is 0.177. The van der Waals surface area contributed by atoms with Gasteiger partial charge >= 0.3 is 0 Å². The Morgan fingerprint density at radius 3 is 2.66 bits per heavy atom. The molecule has 0 saturated heterocycles. The Morgan fingerprint density at radius 2 is 1.88 bits per heavy atom. The van der Waals surface area contributed by atoms with Gasteiger partial charge in [-0.2, -0.15) is 0 Å². The summed E-state index contributed by atoms with van der Waals surface area (Å²) < 4.78 is 32.4. The largest absolute Gasteiger partial charge is 0.494 e. The maximum Gasteiger partial charge on any atom is 0.224 e. The van der Waals surface area contributed by atoms with E-state index in [2.05, 4.69) is 19.2 Å². The zero-order valence-electron chi connectivity index (χ0n) is 18.6. The first-order valence-electron chi connectivity index (χ1n) is 10.9. The van der Waals surface area contributed by atoms with Gasteiger partial charge in [-0.05, 0) is 56.0 Å². The molecule has 1 atom stereocenters. The highest BCUT2D eigenvalue weighted by Gasteiger charge is 2.26. The lowest BCUT2D eigenvalue weighted by Crippen LogP contribution is -2.27. The average molecular weight is 454 g/mol. The summed E-state index contributed by atoms with van der Waals surface area (Å²) in [5, 5.41) is 12.8. The zero-order chi connectivity index (χ0) is 23.1. The van der Waals surface area contributed by atoms with Crippen LogP contribution in [0.25, 0.3) is 10.8 Å². The van der Waals surface area contributed by atoms with Gasteiger partial charge in [0.25, 0.3) is 0 Å². The molecule has 0 heterocycles. The van der Waals surface area contributed by atoms with Crippen LogP contribution in [0.4, 0.5) is 5.69 Å². The first kappa shape index (κ1) is 23.8. The minimum Gasteiger partial charge on any atom is -0.494 e. The van der Waals surface area contributed by atoms with Crippen molar-refractivity contribution in [3.63, 3.8) is 0 Å². The molecule has 0 bridgehead atoms. The second-order valence-corrected chi connectivity index (χ2v) is 9.76. The second-order valence-electron chi connectivity index (χ2n) is 7.90. The highest BCUT2D eigenvalue weighted by molar-refractivity contribution is 8.07. The van der Waals surface area contributed by atoms with E-state index >= 15 is 0 Å². The molecule has 3 rings (SSSR count). The number of benzene rings is 3. The Morgan fingerprint density at radius 1 is 1.12 bits per heavy atom. The van der Waals surface area contributed by atoms with Crippen LogP contribution in [-0.2, 0) is 9.84 Å². The number of hydrogen-bond donors (Lipinski definition) is 3. The number of nitrogen functional groups attached to an aromatic ring is 1. The maximum atomic E-state index is 13.3. The maximum absolute atomic E-state index is 13.3. The van der Waals surface area contributed by atoms with E-state index in [1.165, 1.54) is 12.1 Å². The molecule has 32 heavy (non-hydrogen) atoms. The standard InChI is InChI=1S/C25H31N3O3S/c1-3-8-18(2)28-15-7-16-31-20-13-14-23(26)22(17-20)25(27)32(29,30)24-12-6-10-19-9-4-5-11-21(19)24/h4-6,9-14,17-18,27-28H,3,7-8,15-16,26H2,1-2H3. The Hall–Kier alpha value is -2.90. The van der Waals surface area contributed by atoms with E-state index in [1.807, 2.05) is 18.2 Å². The molecule has 7 heteroatoms. The molecule has 0 aliphatic rings. The Bertz CT molecular complexity index is 1190. The lowest BCUT2D eigenvalue weighted by Gasteiger charge is -2.14. The third-order valence-electron chi connectivity index (χ3n) is 5.38. The molecule has 4 N–H and O–H groups in total. The van der Waals surface area contributed by atoms with Crippen molar-refractivity contribution in [3.05, 3.63) is 66.2 Å². The minimum atomic E-state index is -4.06. The van der Waals surface area contributed by atoms with Crippen LogP contribution >= 0.6 is 0 Å². The molecule has 6 nitrogen and oxygen atoms in total. The highest BCUT2D eigenvalue weighted by Crippen LogP contribution is 2.29. The van der Waals surface area contributed by atoms with Crippen LogP contribution in [0, 0.1) is 5.41 Å². The van der Waals surface area contributed by atoms with Gasteiger partial charge in [0, 0.05) is 22.7 Å². The third kappa shape index (κ3) is 5.47. The molecule has 0 fully saturated rings. The molecular formula is C25H31N3O3S. The van der Waals surface area contributed by atoms with Crippen molar-refractivity contribution in [2.75, 3.05) is 18.9 Å². The smallest absolute Gasteiger partial charge is 0.224 e. The van der Waals surface area contributed by atoms with E-state index in [0.29, 0.717) is 23.8 Å². The fraction of sp³-hybridized carbons (Fsp3) is 0.320. The monoisotopic (exact) mass is 453 g/mol. The Balaban J connectivity index is 1.75. The number of nitrogens with two attached hydrogens (primary N) is 1. The van der Waals surface area contributed by atoms with Gasteiger partial charge in [-0.15, -0.1) is 0 Å². The molecule has 0 spiro atoms. The number of anilines is 1. The van der Waals surface area contributed by atoms with Crippen molar-refractivity contribution >= 4 is 31.3 Å². The van der Waals surface area contributed by atoms with Crippen LogP contribution in [0.15, 0.2) is 65.6 Å². The van der Waals surface area contributed by atoms with Crippen LogP contribution in [0.1, 0.15) is 38.7 Å². The van der Waals surface area contributed by atoms with Crippen molar-refractivity contribution in [1.82, 2.24) is 5.32 Å². The number of hydrogen-bond acceptors (Lipinski definition) is 6. The highest BCUT2D eigenvalue weighted by atomic mass is 32.2. The van der Waals surface area contributed by atoms with Crippen molar-refractivity contribution in [3.8, 4) is 5.75 Å². The first-order valence-corrected chi connectivity index (χ1v) is 12.4. The summed E-state index contributed by atoms with van der Waals surface area (Å²) in [6.45, 7) is 5.66. The summed E-state index contributed by atoms with van der Waals surface area (Å²) in [4.78, 5) is 0.0959. The molecule has 0 amide bonds. The van der Waals surface area contributed by atoms with Crippen molar-refractivity contribution in [2.24, 2.45) is 0 Å². The summed E-state index contributed by atoms with van der Waals surface area (Å²) in [6.07, 6.45) is 3.10. The summed E-state index contributed by atoms with van der Waals surface area (Å²) in [5.74, 6) is 0.494. The third-order valence-corrected chi connectivity index (χ3v) is 7.07. The van der Waals surface area contributed by atoms with Gasteiger partial charge in [0.05, 0.1) is 11.5 Å². The average Bonchev–Trinajstić information content (AvgIpc) is 2.79. The van der Waals surface area contributed by atoms with Crippen LogP contribution in [0.2, 0.25) is 0 Å². The molecule has 0 aromatic heterocycles. The molecular weight excluding hydrogens is 422 g/mol. The molecule has 3 aromatic rings. The number of fused-ring (bicyclic) bond motifs is 1. The molecule has 0 aliphatic carbocycles. The van der Waals surface area contributed by atoms with E-state index in [9.17, 15) is 8.42 Å². The van der Waals surface area contributed by atoms with Crippen LogP contribution in [0.5, 0.6) is 5.75 Å². The number of ether oxygens (including phenoxy) is 1. The Kier molecular flexibility index (Phi) is 7.88. The van der Waals surface area contributed by atoms with Crippen molar-refractivity contribution < 1.29 is 13.2 Å². The van der Waals surface area contributed by atoms with Gasteiger partial charge in [0.1, 0.15) is 5.75 Å². The SMILES string of the molecule is CCCC(C)NCCCOc1ccc(N)c(C(=N)S(=O)(=O)c2cccc3ccccc23)c1. The Labute approximate surface area is 190 Å². The summed E-state index contributed by atoms with van der Waals surface area (Å²) in [6, 6.07) is 17.6. The van der Waals surface area contributed by atoms with E-state index < -0.39 is 14.9 Å². The lowest BCUT2D eigenvalue weighted by atomic mass is 10.1. The first-order chi connectivity index (χ1) is 15.3.